The van der Waals surface area contributed by atoms with Crippen molar-refractivity contribution in [1.29, 1.82) is 0 Å². The van der Waals surface area contributed by atoms with Crippen LogP contribution in [0.1, 0.15) is 51.9 Å². The van der Waals surface area contributed by atoms with E-state index in [9.17, 15) is 14.7 Å². The van der Waals surface area contributed by atoms with Crippen molar-refractivity contribution in [2.45, 2.75) is 63.5 Å². The van der Waals surface area contributed by atoms with Crippen LogP contribution in [0.4, 0.5) is 4.79 Å². The van der Waals surface area contributed by atoms with E-state index in [1.54, 1.807) is 6.92 Å². The molecular weight excluding hydrogens is 256 g/mol. The lowest BCUT2D eigenvalue weighted by Crippen LogP contribution is -2.58. The number of aliphatic carboxylic acids is 1. The maximum Gasteiger partial charge on any atom is 0.329 e. The fourth-order valence-electron chi connectivity index (χ4n) is 3.94. The number of urea groups is 1. The summed E-state index contributed by atoms with van der Waals surface area (Å²) in [6.45, 7) is 2.43. The Morgan fingerprint density at radius 3 is 2.50 bits per heavy atom. The second-order valence-corrected chi connectivity index (χ2v) is 6.81. The molecule has 3 aliphatic rings. The number of rotatable bonds is 3. The zero-order valence-corrected chi connectivity index (χ0v) is 12.1. The average molecular weight is 280 g/mol. The monoisotopic (exact) mass is 280 g/mol. The Morgan fingerprint density at radius 2 is 1.85 bits per heavy atom. The topological polar surface area (TPSA) is 69.6 Å². The summed E-state index contributed by atoms with van der Waals surface area (Å²) in [6, 6.07) is 0.164. The molecule has 0 spiro atoms. The van der Waals surface area contributed by atoms with Crippen LogP contribution in [-0.4, -0.2) is 40.1 Å². The summed E-state index contributed by atoms with van der Waals surface area (Å²) in [6.07, 6.45) is 7.61. The van der Waals surface area contributed by atoms with Crippen LogP contribution in [0.5, 0.6) is 0 Å². The minimum atomic E-state index is -1.09. The Labute approximate surface area is 119 Å². The molecule has 3 fully saturated rings. The maximum absolute atomic E-state index is 12.5. The number of carboxylic acid groups (broad SMARTS) is 1. The van der Waals surface area contributed by atoms with Crippen LogP contribution in [0.25, 0.3) is 0 Å². The number of carbonyl (C=O) groups excluding carboxylic acids is 1. The summed E-state index contributed by atoms with van der Waals surface area (Å²) < 4.78 is 0. The molecule has 20 heavy (non-hydrogen) atoms. The molecule has 1 heterocycles. The molecule has 3 unspecified atom stereocenters. The number of nitrogens with one attached hydrogen (secondary N) is 1. The molecule has 3 rings (SSSR count). The normalized spacial score (nSPS) is 32.4. The first-order chi connectivity index (χ1) is 9.52. The van der Waals surface area contributed by atoms with Gasteiger partial charge in [-0.25, -0.2) is 9.59 Å². The van der Waals surface area contributed by atoms with E-state index in [1.807, 2.05) is 4.90 Å². The highest BCUT2D eigenvalue weighted by molar-refractivity contribution is 5.86. The molecule has 0 radical (unpaired) electrons. The standard InChI is InChI=1S/C15H24N2O3/c1-15(13(18)19,11-6-7-11)16-14(20)17-9-8-10-4-2-3-5-12(10)17/h10-12H,2-9H2,1H3,(H,16,20)(H,18,19). The average Bonchev–Trinajstić information content (AvgIpc) is 3.18. The third-order valence-corrected chi connectivity index (χ3v) is 5.48. The number of fused-ring (bicyclic) bond motifs is 1. The van der Waals surface area contributed by atoms with Crippen molar-refractivity contribution in [3.05, 3.63) is 0 Å². The summed E-state index contributed by atoms with van der Waals surface area (Å²) in [5.41, 5.74) is -1.09. The molecule has 2 aliphatic carbocycles. The summed E-state index contributed by atoms with van der Waals surface area (Å²) in [5, 5.41) is 12.3. The number of carbonyl (C=O) groups is 2. The van der Waals surface area contributed by atoms with E-state index in [1.165, 1.54) is 19.3 Å². The molecule has 112 valence electrons. The van der Waals surface area contributed by atoms with Gasteiger partial charge in [0.05, 0.1) is 0 Å². The number of nitrogens with zero attached hydrogens (tertiary/aromatic N) is 1. The van der Waals surface area contributed by atoms with Gasteiger partial charge in [0.1, 0.15) is 5.54 Å². The van der Waals surface area contributed by atoms with Gasteiger partial charge in [0.2, 0.25) is 0 Å². The van der Waals surface area contributed by atoms with Crippen LogP contribution in [0.3, 0.4) is 0 Å². The van der Waals surface area contributed by atoms with E-state index < -0.39 is 11.5 Å². The van der Waals surface area contributed by atoms with Gasteiger partial charge < -0.3 is 15.3 Å². The predicted octanol–water partition coefficient (Wildman–Crippen LogP) is 2.21. The van der Waals surface area contributed by atoms with E-state index in [4.69, 9.17) is 0 Å². The van der Waals surface area contributed by atoms with Crippen molar-refractivity contribution in [1.82, 2.24) is 10.2 Å². The van der Waals surface area contributed by atoms with Crippen molar-refractivity contribution in [3.63, 3.8) is 0 Å². The lowest BCUT2D eigenvalue weighted by molar-refractivity contribution is -0.144. The molecule has 0 aromatic heterocycles. The van der Waals surface area contributed by atoms with Gasteiger partial charge in [0.25, 0.3) is 0 Å². The number of hydrogen-bond donors (Lipinski definition) is 2. The van der Waals surface area contributed by atoms with Gasteiger partial charge in [0.15, 0.2) is 0 Å². The second-order valence-electron chi connectivity index (χ2n) is 6.81. The first-order valence-electron chi connectivity index (χ1n) is 7.84. The summed E-state index contributed by atoms with van der Waals surface area (Å²) in [5.74, 6) is -0.187. The Balaban J connectivity index is 1.68. The minimum Gasteiger partial charge on any atom is -0.480 e. The quantitative estimate of drug-likeness (QED) is 0.832. The summed E-state index contributed by atoms with van der Waals surface area (Å²) >= 11 is 0. The van der Waals surface area contributed by atoms with Crippen molar-refractivity contribution in [2.24, 2.45) is 11.8 Å². The van der Waals surface area contributed by atoms with Gasteiger partial charge >= 0.3 is 12.0 Å². The van der Waals surface area contributed by atoms with E-state index in [-0.39, 0.29) is 11.9 Å². The Bertz CT molecular complexity index is 421. The van der Waals surface area contributed by atoms with E-state index in [0.717, 1.165) is 32.2 Å². The zero-order chi connectivity index (χ0) is 14.3. The smallest absolute Gasteiger partial charge is 0.329 e. The lowest BCUT2D eigenvalue weighted by Gasteiger charge is -2.34. The Morgan fingerprint density at radius 1 is 1.15 bits per heavy atom. The van der Waals surface area contributed by atoms with E-state index >= 15 is 0 Å². The first kappa shape index (κ1) is 13.7. The molecule has 0 aromatic rings. The van der Waals surface area contributed by atoms with Crippen LogP contribution in [0, 0.1) is 11.8 Å². The minimum absolute atomic E-state index is 0.0914. The molecule has 2 amide bonds. The summed E-state index contributed by atoms with van der Waals surface area (Å²) in [7, 11) is 0. The first-order valence-corrected chi connectivity index (χ1v) is 7.84. The van der Waals surface area contributed by atoms with E-state index in [2.05, 4.69) is 5.32 Å². The largest absolute Gasteiger partial charge is 0.480 e. The van der Waals surface area contributed by atoms with Crippen LogP contribution >= 0.6 is 0 Å². The maximum atomic E-state index is 12.5. The molecule has 0 aromatic carbocycles. The van der Waals surface area contributed by atoms with Crippen LogP contribution in [-0.2, 0) is 4.79 Å². The number of likely N-dealkylation sites (tertiary alicyclic amines) is 1. The third kappa shape index (κ3) is 2.27. The van der Waals surface area contributed by atoms with Gasteiger partial charge in [-0.1, -0.05) is 12.8 Å². The lowest BCUT2D eigenvalue weighted by atomic mass is 9.85. The van der Waals surface area contributed by atoms with Crippen molar-refractivity contribution in [3.8, 4) is 0 Å². The van der Waals surface area contributed by atoms with Crippen molar-refractivity contribution < 1.29 is 14.7 Å². The van der Waals surface area contributed by atoms with Crippen molar-refractivity contribution in [2.75, 3.05) is 6.54 Å². The van der Waals surface area contributed by atoms with Crippen LogP contribution in [0.15, 0.2) is 0 Å². The molecule has 0 bridgehead atoms. The molecule has 1 aliphatic heterocycles. The van der Waals surface area contributed by atoms with Crippen LogP contribution in [0.2, 0.25) is 0 Å². The van der Waals surface area contributed by atoms with E-state index in [0.29, 0.717) is 12.0 Å². The predicted molar refractivity (Wildman–Crippen MR) is 74.4 cm³/mol. The summed E-state index contributed by atoms with van der Waals surface area (Å²) in [4.78, 5) is 25.9. The molecule has 3 atom stereocenters. The molecule has 5 nitrogen and oxygen atoms in total. The van der Waals surface area contributed by atoms with Gasteiger partial charge in [0, 0.05) is 12.6 Å². The number of carboxylic acids is 1. The highest BCUT2D eigenvalue weighted by Crippen LogP contribution is 2.41. The number of amides is 2. The second kappa shape index (κ2) is 4.93. The fraction of sp³-hybridized carbons (Fsp3) is 0.867. The molecule has 1 saturated heterocycles. The highest BCUT2D eigenvalue weighted by atomic mass is 16.4. The van der Waals surface area contributed by atoms with Crippen LogP contribution < -0.4 is 5.32 Å². The fourth-order valence-corrected chi connectivity index (χ4v) is 3.94. The van der Waals surface area contributed by atoms with Gasteiger partial charge in [-0.3, -0.25) is 0 Å². The number of hydrogen-bond acceptors (Lipinski definition) is 2. The third-order valence-electron chi connectivity index (χ3n) is 5.48. The Hall–Kier alpha value is -1.26. The van der Waals surface area contributed by atoms with Crippen molar-refractivity contribution >= 4 is 12.0 Å². The zero-order valence-electron chi connectivity index (χ0n) is 12.1. The SMILES string of the molecule is CC(NC(=O)N1CCC2CCCCC21)(C(=O)O)C1CC1. The van der Waals surface area contributed by atoms with Gasteiger partial charge in [-0.2, -0.15) is 0 Å². The van der Waals surface area contributed by atoms with Gasteiger partial charge in [-0.15, -0.1) is 0 Å². The molecule has 5 heteroatoms. The molecule has 2 saturated carbocycles. The highest BCUT2D eigenvalue weighted by Gasteiger charge is 2.50. The molecule has 2 N–H and O–H groups in total. The van der Waals surface area contributed by atoms with Gasteiger partial charge in [-0.05, 0) is 50.9 Å². The Kier molecular flexibility index (Phi) is 3.38. The molecular formula is C15H24N2O3.